The lowest BCUT2D eigenvalue weighted by Crippen LogP contribution is -2.18. The Hall–Kier alpha value is -0.790. The second-order valence-corrected chi connectivity index (χ2v) is 7.42. The standard InChI is InChI=1S/C22H42O2/c1-5-6-7-8-9-10-11-12-13-14-15-16-17-18-19-21(4)24-22(23)20(2)3/h11-12,20-21H,5-10,13-19H2,1-4H3. The highest BCUT2D eigenvalue weighted by Gasteiger charge is 2.12. The maximum Gasteiger partial charge on any atom is 0.308 e. The highest BCUT2D eigenvalue weighted by Crippen LogP contribution is 2.12. The summed E-state index contributed by atoms with van der Waals surface area (Å²) in [5.74, 6) is -0.0866. The van der Waals surface area contributed by atoms with Gasteiger partial charge in [-0.15, -0.1) is 0 Å². The lowest BCUT2D eigenvalue weighted by atomic mass is 10.1. The summed E-state index contributed by atoms with van der Waals surface area (Å²) in [6.07, 6.45) is 21.5. The zero-order valence-corrected chi connectivity index (χ0v) is 16.8. The number of hydrogen-bond acceptors (Lipinski definition) is 2. The van der Waals surface area contributed by atoms with Gasteiger partial charge in [0.15, 0.2) is 0 Å². The molecule has 0 aromatic heterocycles. The molecule has 1 unspecified atom stereocenters. The number of unbranched alkanes of at least 4 members (excludes halogenated alkanes) is 10. The third-order valence-electron chi connectivity index (χ3n) is 4.41. The number of carbonyl (C=O) groups excluding carboxylic acids is 1. The molecule has 0 radical (unpaired) electrons. The molecule has 0 aromatic rings. The molecule has 0 saturated heterocycles. The molecule has 0 aliphatic heterocycles. The molecule has 142 valence electrons. The molecule has 0 saturated carbocycles. The van der Waals surface area contributed by atoms with Gasteiger partial charge in [-0.05, 0) is 45.4 Å². The second-order valence-electron chi connectivity index (χ2n) is 7.42. The van der Waals surface area contributed by atoms with Crippen molar-refractivity contribution in [1.82, 2.24) is 0 Å². The van der Waals surface area contributed by atoms with E-state index in [1.54, 1.807) is 0 Å². The largest absolute Gasteiger partial charge is 0.462 e. The zero-order valence-electron chi connectivity index (χ0n) is 16.8. The fraction of sp³-hybridized carbons (Fsp3) is 0.864. The Labute approximate surface area is 151 Å². The van der Waals surface area contributed by atoms with E-state index in [4.69, 9.17) is 4.74 Å². The monoisotopic (exact) mass is 338 g/mol. The minimum atomic E-state index is -0.0698. The Bertz CT molecular complexity index is 307. The van der Waals surface area contributed by atoms with Crippen molar-refractivity contribution < 1.29 is 9.53 Å². The van der Waals surface area contributed by atoms with Gasteiger partial charge in [-0.1, -0.05) is 77.9 Å². The number of ether oxygens (including phenoxy) is 1. The van der Waals surface area contributed by atoms with Crippen molar-refractivity contribution in [2.24, 2.45) is 5.92 Å². The van der Waals surface area contributed by atoms with E-state index in [9.17, 15) is 4.79 Å². The summed E-state index contributed by atoms with van der Waals surface area (Å²) in [5.41, 5.74) is 0. The Kier molecular flexibility index (Phi) is 16.5. The van der Waals surface area contributed by atoms with Crippen LogP contribution in [0, 0.1) is 5.92 Å². The molecule has 2 nitrogen and oxygen atoms in total. The summed E-state index contributed by atoms with van der Waals surface area (Å²) in [6.45, 7) is 8.04. The topological polar surface area (TPSA) is 26.3 Å². The molecule has 0 bridgehead atoms. The van der Waals surface area contributed by atoms with Gasteiger partial charge in [0, 0.05) is 0 Å². The van der Waals surface area contributed by atoms with E-state index in [1.807, 2.05) is 20.8 Å². The van der Waals surface area contributed by atoms with Crippen molar-refractivity contribution >= 4 is 5.97 Å². The van der Waals surface area contributed by atoms with E-state index in [-0.39, 0.29) is 18.0 Å². The predicted molar refractivity (Wildman–Crippen MR) is 105 cm³/mol. The molecule has 0 rings (SSSR count). The van der Waals surface area contributed by atoms with Gasteiger partial charge in [0.1, 0.15) is 0 Å². The summed E-state index contributed by atoms with van der Waals surface area (Å²) in [7, 11) is 0. The summed E-state index contributed by atoms with van der Waals surface area (Å²) >= 11 is 0. The van der Waals surface area contributed by atoms with Crippen LogP contribution in [-0.4, -0.2) is 12.1 Å². The van der Waals surface area contributed by atoms with Crippen LogP contribution in [0.25, 0.3) is 0 Å². The average molecular weight is 339 g/mol. The lowest BCUT2D eigenvalue weighted by molar-refractivity contribution is -0.152. The molecule has 0 aliphatic carbocycles. The van der Waals surface area contributed by atoms with Gasteiger partial charge in [0.05, 0.1) is 12.0 Å². The minimum absolute atomic E-state index is 0.0168. The predicted octanol–water partition coefficient (Wildman–Crippen LogP) is 7.22. The fourth-order valence-corrected chi connectivity index (χ4v) is 2.72. The van der Waals surface area contributed by atoms with Crippen LogP contribution in [0.4, 0.5) is 0 Å². The van der Waals surface area contributed by atoms with Crippen LogP contribution in [0.15, 0.2) is 12.2 Å². The molecule has 0 spiro atoms. The first-order valence-electron chi connectivity index (χ1n) is 10.4. The van der Waals surface area contributed by atoms with Gasteiger partial charge in [0.2, 0.25) is 0 Å². The molecule has 0 N–H and O–H groups in total. The Morgan fingerprint density at radius 2 is 1.29 bits per heavy atom. The third kappa shape index (κ3) is 16.1. The summed E-state index contributed by atoms with van der Waals surface area (Å²) in [4.78, 5) is 11.5. The van der Waals surface area contributed by atoms with Gasteiger partial charge in [-0.3, -0.25) is 4.79 Å². The van der Waals surface area contributed by atoms with Crippen LogP contribution in [0.1, 0.15) is 111 Å². The van der Waals surface area contributed by atoms with Gasteiger partial charge in [0.25, 0.3) is 0 Å². The number of esters is 1. The molecule has 2 heteroatoms. The van der Waals surface area contributed by atoms with E-state index in [1.165, 1.54) is 77.0 Å². The van der Waals surface area contributed by atoms with Crippen LogP contribution in [0.3, 0.4) is 0 Å². The molecule has 0 heterocycles. The first-order chi connectivity index (χ1) is 11.6. The van der Waals surface area contributed by atoms with E-state index in [0.717, 1.165) is 6.42 Å². The van der Waals surface area contributed by atoms with Gasteiger partial charge >= 0.3 is 5.97 Å². The van der Waals surface area contributed by atoms with Crippen LogP contribution < -0.4 is 0 Å². The molecule has 0 fully saturated rings. The quantitative estimate of drug-likeness (QED) is 0.169. The normalized spacial score (nSPS) is 12.9. The van der Waals surface area contributed by atoms with Gasteiger partial charge in [-0.2, -0.15) is 0 Å². The highest BCUT2D eigenvalue weighted by atomic mass is 16.5. The van der Waals surface area contributed by atoms with E-state index in [2.05, 4.69) is 19.1 Å². The van der Waals surface area contributed by atoms with Crippen molar-refractivity contribution in [3.63, 3.8) is 0 Å². The van der Waals surface area contributed by atoms with Gasteiger partial charge < -0.3 is 4.74 Å². The second kappa shape index (κ2) is 17.0. The minimum Gasteiger partial charge on any atom is -0.462 e. The molecule has 0 aromatic carbocycles. The van der Waals surface area contributed by atoms with Crippen molar-refractivity contribution in [3.05, 3.63) is 12.2 Å². The van der Waals surface area contributed by atoms with Crippen molar-refractivity contribution in [2.45, 2.75) is 117 Å². The van der Waals surface area contributed by atoms with Crippen LogP contribution in [0.5, 0.6) is 0 Å². The Balaban J connectivity index is 3.29. The van der Waals surface area contributed by atoms with Crippen molar-refractivity contribution in [1.29, 1.82) is 0 Å². The molecule has 1 atom stereocenters. The third-order valence-corrected chi connectivity index (χ3v) is 4.41. The molecule has 0 aliphatic rings. The number of hydrogen-bond donors (Lipinski definition) is 0. The van der Waals surface area contributed by atoms with Crippen LogP contribution in [-0.2, 0) is 9.53 Å². The molecule has 24 heavy (non-hydrogen) atoms. The fourth-order valence-electron chi connectivity index (χ4n) is 2.72. The van der Waals surface area contributed by atoms with Crippen molar-refractivity contribution in [2.75, 3.05) is 0 Å². The SMILES string of the molecule is CCCCCCCC=CCCCCCCCC(C)OC(=O)C(C)C. The first-order valence-corrected chi connectivity index (χ1v) is 10.4. The van der Waals surface area contributed by atoms with Crippen molar-refractivity contribution in [3.8, 4) is 0 Å². The molecular weight excluding hydrogens is 296 g/mol. The Morgan fingerprint density at radius 1 is 0.792 bits per heavy atom. The lowest BCUT2D eigenvalue weighted by Gasteiger charge is -2.14. The Morgan fingerprint density at radius 3 is 1.83 bits per heavy atom. The zero-order chi connectivity index (χ0) is 18.0. The summed E-state index contributed by atoms with van der Waals surface area (Å²) in [5, 5.41) is 0. The smallest absolute Gasteiger partial charge is 0.308 e. The molecular formula is C22H42O2. The number of carbonyl (C=O) groups is 1. The van der Waals surface area contributed by atoms with Gasteiger partial charge in [-0.25, -0.2) is 0 Å². The van der Waals surface area contributed by atoms with E-state index >= 15 is 0 Å². The number of allylic oxidation sites excluding steroid dienone is 2. The van der Waals surface area contributed by atoms with Crippen LogP contribution in [0.2, 0.25) is 0 Å². The maximum absolute atomic E-state index is 11.5. The maximum atomic E-state index is 11.5. The average Bonchev–Trinajstić information content (AvgIpc) is 2.55. The van der Waals surface area contributed by atoms with Crippen LogP contribution >= 0.6 is 0 Å². The highest BCUT2D eigenvalue weighted by molar-refractivity contribution is 5.71. The first kappa shape index (κ1) is 23.2. The van der Waals surface area contributed by atoms with E-state index in [0.29, 0.717) is 0 Å². The number of rotatable bonds is 16. The summed E-state index contributed by atoms with van der Waals surface area (Å²) in [6, 6.07) is 0. The molecule has 0 amide bonds. The summed E-state index contributed by atoms with van der Waals surface area (Å²) < 4.78 is 5.38. The van der Waals surface area contributed by atoms with E-state index < -0.39 is 0 Å².